The Kier molecular flexibility index (Phi) is 71.8. The second-order valence-corrected chi connectivity index (χ2v) is 27.7. The number of aliphatic hydroxyl groups excluding tert-OH is 1. The van der Waals surface area contributed by atoms with Crippen molar-refractivity contribution in [1.82, 2.24) is 0 Å². The van der Waals surface area contributed by atoms with Gasteiger partial charge in [0, 0.05) is 19.3 Å². The molecule has 5 unspecified atom stereocenters. The van der Waals surface area contributed by atoms with Crippen molar-refractivity contribution >= 4 is 39.5 Å². The number of rotatable bonds is 70. The van der Waals surface area contributed by atoms with Crippen LogP contribution in [-0.4, -0.2) is 96.7 Å². The Hall–Kier alpha value is -6.62. The van der Waals surface area contributed by atoms with Crippen molar-refractivity contribution in [3.8, 4) is 0 Å². The van der Waals surface area contributed by atoms with Crippen molar-refractivity contribution in [2.24, 2.45) is 0 Å². The van der Waals surface area contributed by atoms with Gasteiger partial charge in [0.25, 0.3) is 0 Å². The molecule has 0 saturated heterocycles. The zero-order valence-electron chi connectivity index (χ0n) is 64.8. The van der Waals surface area contributed by atoms with E-state index in [9.17, 15) is 43.2 Å². The topological polar surface area (TPSA) is 237 Å². The molecule has 0 aliphatic carbocycles. The second-order valence-electron chi connectivity index (χ2n) is 24.8. The molecule has 17 nitrogen and oxygen atoms in total. The molecule has 0 radical (unpaired) electrons. The van der Waals surface area contributed by atoms with Gasteiger partial charge in [0.05, 0.1) is 32.8 Å². The Morgan fingerprint density at radius 2 is 0.547 bits per heavy atom. The van der Waals surface area contributed by atoms with Gasteiger partial charge in [-0.25, -0.2) is 9.13 Å². The minimum absolute atomic E-state index is 0.00632. The first-order chi connectivity index (χ1) is 51.7. The number of carbonyl (C=O) groups is 4. The largest absolute Gasteiger partial charge is 0.472 e. The lowest BCUT2D eigenvalue weighted by atomic mass is 10.1. The molecule has 0 bridgehead atoms. The number of unbranched alkanes of at least 4 members (excludes halogenated alkanes) is 9. The number of phosphoric acid groups is 2. The SMILES string of the molecule is CC/C=C\C/C=C\C/C=C\C/C=C\C/C=C\C/C=C\CCC(=O)OCC(COP(=O)(O)OCC(O)COP(=O)(O)OCC(COC(=O)CCCCC/C=C\C/C=C\C/C=C\C/C=C\C/C=C\CC)OC(=O)CCCCCCC/C=C\C/C=C\CCC)OC(=O)C/C=C\C/C=C\C/C=C\C/C=C\C/C=C\CC. The predicted octanol–water partition coefficient (Wildman–Crippen LogP) is 22.9. The predicted molar refractivity (Wildman–Crippen MR) is 435 cm³/mol. The summed E-state index contributed by atoms with van der Waals surface area (Å²) in [6, 6.07) is 0. The van der Waals surface area contributed by atoms with Crippen LogP contribution in [0.1, 0.15) is 246 Å². The lowest BCUT2D eigenvalue weighted by molar-refractivity contribution is -0.161. The number of aliphatic hydroxyl groups is 1. The summed E-state index contributed by atoms with van der Waals surface area (Å²) in [5.74, 6) is -2.51. The fraction of sp³-hybridized carbons (Fsp3) is 0.540. The molecule has 0 aliphatic rings. The fourth-order valence-electron chi connectivity index (χ4n) is 9.15. The van der Waals surface area contributed by atoms with E-state index in [0.29, 0.717) is 32.1 Å². The Labute approximate surface area is 639 Å². The molecule has 0 amide bonds. The van der Waals surface area contributed by atoms with Gasteiger partial charge < -0.3 is 33.8 Å². The molecule has 0 aromatic heterocycles. The highest BCUT2D eigenvalue weighted by Crippen LogP contribution is 2.45. The third kappa shape index (κ3) is 75.6. The normalized spacial score (nSPS) is 15.0. The average Bonchev–Trinajstić information content (AvgIpc) is 0.933. The first-order valence-corrected chi connectivity index (χ1v) is 42.0. The lowest BCUT2D eigenvalue weighted by Crippen LogP contribution is -2.30. The summed E-state index contributed by atoms with van der Waals surface area (Å²) in [5, 5.41) is 10.6. The maximum atomic E-state index is 13.1. The van der Waals surface area contributed by atoms with Crippen LogP contribution in [0.25, 0.3) is 0 Å². The highest BCUT2D eigenvalue weighted by Gasteiger charge is 2.30. The van der Waals surface area contributed by atoms with Gasteiger partial charge in [0.15, 0.2) is 12.2 Å². The Bertz CT molecular complexity index is 2880. The average molecular weight is 1510 g/mol. The van der Waals surface area contributed by atoms with E-state index in [4.69, 9.17) is 37.0 Å². The van der Waals surface area contributed by atoms with Crippen molar-refractivity contribution in [1.29, 1.82) is 0 Å². The van der Waals surface area contributed by atoms with Crippen LogP contribution in [0.2, 0.25) is 0 Å². The van der Waals surface area contributed by atoms with Gasteiger partial charge in [0.2, 0.25) is 0 Å². The first-order valence-electron chi connectivity index (χ1n) is 39.0. The molecule has 0 aliphatic heterocycles. The zero-order valence-corrected chi connectivity index (χ0v) is 66.5. The third-order valence-corrected chi connectivity index (χ3v) is 16.8. The quantitative estimate of drug-likeness (QED) is 0.0169. The molecule has 0 aromatic carbocycles. The van der Waals surface area contributed by atoms with Crippen LogP contribution in [-0.2, 0) is 65.4 Å². The van der Waals surface area contributed by atoms with E-state index in [1.54, 1.807) is 12.2 Å². The Morgan fingerprint density at radius 3 is 0.906 bits per heavy atom. The molecular formula is C87H134O17P2. The number of allylic oxidation sites excluding steroid dienone is 35. The van der Waals surface area contributed by atoms with Crippen molar-refractivity contribution in [2.45, 2.75) is 264 Å². The molecular weight excluding hydrogens is 1380 g/mol. The molecule has 0 rings (SSSR count). The Balaban J connectivity index is 5.54. The summed E-state index contributed by atoms with van der Waals surface area (Å²) in [7, 11) is -10.0. The minimum Gasteiger partial charge on any atom is -0.462 e. The molecule has 594 valence electrons. The van der Waals surface area contributed by atoms with Crippen LogP contribution in [0.4, 0.5) is 0 Å². The van der Waals surface area contributed by atoms with Crippen molar-refractivity contribution in [3.63, 3.8) is 0 Å². The summed E-state index contributed by atoms with van der Waals surface area (Å²) in [4.78, 5) is 72.9. The van der Waals surface area contributed by atoms with E-state index in [2.05, 4.69) is 204 Å². The van der Waals surface area contributed by atoms with Gasteiger partial charge in [-0.1, -0.05) is 279 Å². The van der Waals surface area contributed by atoms with Gasteiger partial charge in [0.1, 0.15) is 19.3 Å². The van der Waals surface area contributed by atoms with Crippen LogP contribution in [0, 0.1) is 0 Å². The highest BCUT2D eigenvalue weighted by atomic mass is 31.2. The lowest BCUT2D eigenvalue weighted by Gasteiger charge is -2.21. The van der Waals surface area contributed by atoms with Crippen LogP contribution in [0.5, 0.6) is 0 Å². The van der Waals surface area contributed by atoms with E-state index < -0.39 is 97.5 Å². The number of hydrogen-bond donors (Lipinski definition) is 3. The molecule has 0 saturated carbocycles. The Morgan fingerprint density at radius 1 is 0.283 bits per heavy atom. The molecule has 0 spiro atoms. The maximum Gasteiger partial charge on any atom is 0.472 e. The van der Waals surface area contributed by atoms with Crippen LogP contribution in [0.15, 0.2) is 219 Å². The van der Waals surface area contributed by atoms with Gasteiger partial charge in [-0.2, -0.15) is 0 Å². The molecule has 106 heavy (non-hydrogen) atoms. The smallest absolute Gasteiger partial charge is 0.462 e. The zero-order chi connectivity index (χ0) is 77.4. The monoisotopic (exact) mass is 1510 g/mol. The number of phosphoric ester groups is 2. The molecule has 19 heteroatoms. The molecule has 0 heterocycles. The molecule has 3 N–H and O–H groups in total. The van der Waals surface area contributed by atoms with Gasteiger partial charge in [-0.15, -0.1) is 0 Å². The minimum atomic E-state index is -5.03. The summed E-state index contributed by atoms with van der Waals surface area (Å²) >= 11 is 0. The maximum absolute atomic E-state index is 13.1. The van der Waals surface area contributed by atoms with Crippen LogP contribution in [0.3, 0.4) is 0 Å². The number of esters is 4. The first kappa shape index (κ1) is 99.4. The molecule has 0 fully saturated rings. The summed E-state index contributed by atoms with van der Waals surface area (Å²) in [5.41, 5.74) is 0. The summed E-state index contributed by atoms with van der Waals surface area (Å²) in [6.07, 6.45) is 96.9. The molecule has 0 aromatic rings. The standard InChI is InChI=1S/C87H134O17P2/c1-5-9-13-17-21-25-29-33-36-38-40-42-45-48-51-55-59-63-67-71-84(89)97-77-82(103-86(91)73-69-65-61-57-53-47-32-28-24-20-16-12-8-4)79-101-105(93,94)99-75-81(88)76-100-106(95,96)102-80-83(104-87(92)74-70-66-62-58-54-50-44-35-31-27-23-19-15-11-7-3)78-98-85(90)72-68-64-60-56-52-49-46-43-41-39-37-34-30-26-22-18-14-10-6-2/h9-11,13-16,20-23,25-28,32-37,40-44,48-49,51-52,54,58,60,64,66,70,81-83,88H,5-8,12,17-19,24,29-31,38-39,45-47,50,53,55-57,59,61-63,65,67-69,71-80H2,1-4H3,(H,93,94)(H,95,96)/b13-9-,14-10-,15-11-,20-16-,25-21-,26-22-,27-23-,32-28-,36-33-,37-34-,42-40-,43-41-,44-35-,51-48-,52-49-,58-54-,64-60-,70-66-. The van der Waals surface area contributed by atoms with E-state index in [-0.39, 0.29) is 25.7 Å². The number of hydrogen-bond acceptors (Lipinski definition) is 15. The van der Waals surface area contributed by atoms with Gasteiger partial charge in [-0.3, -0.25) is 37.3 Å². The third-order valence-electron chi connectivity index (χ3n) is 14.9. The van der Waals surface area contributed by atoms with E-state index >= 15 is 0 Å². The van der Waals surface area contributed by atoms with Crippen molar-refractivity contribution in [3.05, 3.63) is 219 Å². The van der Waals surface area contributed by atoms with Crippen molar-refractivity contribution in [2.75, 3.05) is 39.6 Å². The number of carbonyl (C=O) groups excluding carboxylic acids is 4. The second kappa shape index (κ2) is 76.6. The van der Waals surface area contributed by atoms with Crippen LogP contribution < -0.4 is 0 Å². The van der Waals surface area contributed by atoms with E-state index in [0.717, 1.165) is 161 Å². The fourth-order valence-corrected chi connectivity index (χ4v) is 10.7. The summed E-state index contributed by atoms with van der Waals surface area (Å²) in [6.45, 7) is 4.15. The van der Waals surface area contributed by atoms with Crippen LogP contribution >= 0.6 is 15.6 Å². The van der Waals surface area contributed by atoms with E-state index in [1.807, 2.05) is 30.4 Å². The highest BCUT2D eigenvalue weighted by molar-refractivity contribution is 7.47. The van der Waals surface area contributed by atoms with Gasteiger partial charge in [-0.05, 0) is 161 Å². The number of ether oxygens (including phenoxy) is 4. The van der Waals surface area contributed by atoms with Gasteiger partial charge >= 0.3 is 39.5 Å². The molecule has 5 atom stereocenters. The van der Waals surface area contributed by atoms with Crippen molar-refractivity contribution < 1.29 is 80.2 Å². The van der Waals surface area contributed by atoms with E-state index in [1.165, 1.54) is 0 Å². The summed E-state index contributed by atoms with van der Waals surface area (Å²) < 4.78 is 68.3.